The smallest absolute Gasteiger partial charge is 0.0163 e. The molecule has 0 bridgehead atoms. The van der Waals surface area contributed by atoms with E-state index in [1.807, 2.05) is 6.07 Å². The molecule has 0 spiro atoms. The van der Waals surface area contributed by atoms with E-state index < -0.39 is 0 Å². The molecule has 0 aliphatic heterocycles. The fraction of sp³-hybridized carbons (Fsp3) is 0.429. The van der Waals surface area contributed by atoms with E-state index in [2.05, 4.69) is 67.4 Å². The molecule has 0 atom stereocenters. The summed E-state index contributed by atoms with van der Waals surface area (Å²) in [7, 11) is 6.36. The maximum Gasteiger partial charge on any atom is 0.0163 e. The second-order valence-electron chi connectivity index (χ2n) is 4.38. The first-order chi connectivity index (χ1) is 7.68. The molecule has 0 fully saturated rings. The summed E-state index contributed by atoms with van der Waals surface area (Å²) in [5.41, 5.74) is 1.27. The zero-order chi connectivity index (χ0) is 11.8. The predicted octanol–water partition coefficient (Wildman–Crippen LogP) is 2.19. The van der Waals surface area contributed by atoms with E-state index in [9.17, 15) is 0 Å². The lowest BCUT2D eigenvalue weighted by atomic mass is 10.2. The van der Waals surface area contributed by atoms with Gasteiger partial charge in [-0.1, -0.05) is 42.5 Å². The standard InChI is InChI=1S/C14H22N2/c1-15(2)12-13-16(3)11-7-10-14-8-5-4-6-9-14/h4-10H,11-13H2,1-3H3/b10-7+. The van der Waals surface area contributed by atoms with Crippen LogP contribution in [0.5, 0.6) is 0 Å². The van der Waals surface area contributed by atoms with Crippen molar-refractivity contribution in [1.29, 1.82) is 0 Å². The maximum absolute atomic E-state index is 2.32. The minimum Gasteiger partial charge on any atom is -0.308 e. The molecule has 0 aromatic heterocycles. The highest BCUT2D eigenvalue weighted by Gasteiger charge is 1.95. The van der Waals surface area contributed by atoms with Gasteiger partial charge in [0, 0.05) is 19.6 Å². The SMILES string of the molecule is CN(C)CCN(C)C/C=C/c1ccccc1. The van der Waals surface area contributed by atoms with Gasteiger partial charge in [0.15, 0.2) is 0 Å². The van der Waals surface area contributed by atoms with Crippen LogP contribution in [0, 0.1) is 0 Å². The Kier molecular flexibility index (Phi) is 5.83. The normalized spacial score (nSPS) is 11.8. The molecule has 0 N–H and O–H groups in total. The largest absolute Gasteiger partial charge is 0.308 e. The van der Waals surface area contributed by atoms with Gasteiger partial charge in [0.1, 0.15) is 0 Å². The van der Waals surface area contributed by atoms with Gasteiger partial charge in [0.05, 0.1) is 0 Å². The highest BCUT2D eigenvalue weighted by molar-refractivity contribution is 5.48. The molecule has 0 radical (unpaired) electrons. The van der Waals surface area contributed by atoms with Crippen LogP contribution in [0.15, 0.2) is 36.4 Å². The summed E-state index contributed by atoms with van der Waals surface area (Å²) >= 11 is 0. The van der Waals surface area contributed by atoms with Crippen molar-refractivity contribution in [3.05, 3.63) is 42.0 Å². The van der Waals surface area contributed by atoms with E-state index in [0.717, 1.165) is 19.6 Å². The molecule has 1 rings (SSSR count). The molecule has 0 heterocycles. The third kappa shape index (κ3) is 5.69. The van der Waals surface area contributed by atoms with Gasteiger partial charge in [-0.3, -0.25) is 0 Å². The average Bonchev–Trinajstić information content (AvgIpc) is 2.28. The Morgan fingerprint density at radius 1 is 1.00 bits per heavy atom. The Morgan fingerprint density at radius 3 is 2.31 bits per heavy atom. The van der Waals surface area contributed by atoms with Gasteiger partial charge >= 0.3 is 0 Å². The molecule has 2 nitrogen and oxygen atoms in total. The summed E-state index contributed by atoms with van der Waals surface area (Å²) in [6.45, 7) is 3.21. The first-order valence-corrected chi connectivity index (χ1v) is 5.73. The fourth-order valence-corrected chi connectivity index (χ4v) is 1.39. The van der Waals surface area contributed by atoms with Crippen LogP contribution < -0.4 is 0 Å². The number of likely N-dealkylation sites (N-methyl/N-ethyl adjacent to an activating group) is 2. The quantitative estimate of drug-likeness (QED) is 0.722. The molecule has 16 heavy (non-hydrogen) atoms. The number of benzene rings is 1. The number of hydrogen-bond donors (Lipinski definition) is 0. The van der Waals surface area contributed by atoms with Gasteiger partial charge in [0.2, 0.25) is 0 Å². The van der Waals surface area contributed by atoms with E-state index in [4.69, 9.17) is 0 Å². The molecule has 1 aromatic rings. The Morgan fingerprint density at radius 2 is 1.69 bits per heavy atom. The highest BCUT2D eigenvalue weighted by Crippen LogP contribution is 2.00. The van der Waals surface area contributed by atoms with Gasteiger partial charge in [-0.15, -0.1) is 0 Å². The lowest BCUT2D eigenvalue weighted by Gasteiger charge is -2.17. The van der Waals surface area contributed by atoms with Crippen molar-refractivity contribution in [2.45, 2.75) is 0 Å². The molecule has 0 saturated carbocycles. The Bertz CT molecular complexity index is 304. The Labute approximate surface area is 99.2 Å². The van der Waals surface area contributed by atoms with Crippen LogP contribution >= 0.6 is 0 Å². The third-order valence-electron chi connectivity index (χ3n) is 2.46. The van der Waals surface area contributed by atoms with Crippen LogP contribution in [0.3, 0.4) is 0 Å². The number of rotatable bonds is 6. The Hall–Kier alpha value is -1.12. The van der Waals surface area contributed by atoms with Crippen LogP contribution in [0.4, 0.5) is 0 Å². The van der Waals surface area contributed by atoms with Crippen molar-refractivity contribution < 1.29 is 0 Å². The number of hydrogen-bond acceptors (Lipinski definition) is 2. The lowest BCUT2D eigenvalue weighted by Crippen LogP contribution is -2.28. The molecule has 0 saturated heterocycles. The van der Waals surface area contributed by atoms with Crippen LogP contribution in [0.2, 0.25) is 0 Å². The van der Waals surface area contributed by atoms with E-state index in [1.165, 1.54) is 5.56 Å². The minimum atomic E-state index is 1.00. The second kappa shape index (κ2) is 7.20. The monoisotopic (exact) mass is 218 g/mol. The van der Waals surface area contributed by atoms with E-state index in [1.54, 1.807) is 0 Å². The van der Waals surface area contributed by atoms with E-state index >= 15 is 0 Å². The summed E-state index contributed by atoms with van der Waals surface area (Å²) in [5.74, 6) is 0. The molecule has 1 aromatic carbocycles. The molecule has 0 amide bonds. The molecule has 0 aliphatic rings. The first-order valence-electron chi connectivity index (χ1n) is 5.73. The van der Waals surface area contributed by atoms with Crippen molar-refractivity contribution in [1.82, 2.24) is 9.80 Å². The molecule has 0 aliphatic carbocycles. The van der Waals surface area contributed by atoms with Crippen LogP contribution in [0.1, 0.15) is 5.56 Å². The summed E-state index contributed by atoms with van der Waals surface area (Å²) in [6, 6.07) is 10.4. The zero-order valence-electron chi connectivity index (χ0n) is 10.6. The first kappa shape index (κ1) is 12.9. The van der Waals surface area contributed by atoms with Crippen molar-refractivity contribution in [2.75, 3.05) is 40.8 Å². The number of nitrogens with zero attached hydrogens (tertiary/aromatic N) is 2. The molecule has 0 unspecified atom stereocenters. The summed E-state index contributed by atoms with van der Waals surface area (Å²) < 4.78 is 0. The van der Waals surface area contributed by atoms with Gasteiger partial charge < -0.3 is 9.80 Å². The second-order valence-corrected chi connectivity index (χ2v) is 4.38. The van der Waals surface area contributed by atoms with Gasteiger partial charge in [-0.2, -0.15) is 0 Å². The van der Waals surface area contributed by atoms with Crippen molar-refractivity contribution in [3.63, 3.8) is 0 Å². The van der Waals surface area contributed by atoms with E-state index in [-0.39, 0.29) is 0 Å². The summed E-state index contributed by atoms with van der Waals surface area (Å²) in [4.78, 5) is 4.52. The van der Waals surface area contributed by atoms with E-state index in [0.29, 0.717) is 0 Å². The topological polar surface area (TPSA) is 6.48 Å². The highest BCUT2D eigenvalue weighted by atomic mass is 15.1. The van der Waals surface area contributed by atoms with Crippen molar-refractivity contribution in [2.24, 2.45) is 0 Å². The molecular weight excluding hydrogens is 196 g/mol. The fourth-order valence-electron chi connectivity index (χ4n) is 1.39. The average molecular weight is 218 g/mol. The zero-order valence-corrected chi connectivity index (χ0v) is 10.6. The minimum absolute atomic E-state index is 1.00. The lowest BCUT2D eigenvalue weighted by molar-refractivity contribution is 0.302. The van der Waals surface area contributed by atoms with Crippen LogP contribution in [-0.2, 0) is 0 Å². The third-order valence-corrected chi connectivity index (χ3v) is 2.46. The molecular formula is C14H22N2. The predicted molar refractivity (Wildman–Crippen MR) is 71.5 cm³/mol. The van der Waals surface area contributed by atoms with Crippen molar-refractivity contribution >= 4 is 6.08 Å². The summed E-state index contributed by atoms with van der Waals surface area (Å²) in [5, 5.41) is 0. The van der Waals surface area contributed by atoms with Gasteiger partial charge in [-0.25, -0.2) is 0 Å². The molecule has 2 heteroatoms. The van der Waals surface area contributed by atoms with Crippen LogP contribution in [-0.4, -0.2) is 50.6 Å². The summed E-state index contributed by atoms with van der Waals surface area (Å²) in [6.07, 6.45) is 4.39. The Balaban J connectivity index is 2.26. The van der Waals surface area contributed by atoms with Gasteiger partial charge in [0.25, 0.3) is 0 Å². The molecule has 88 valence electrons. The van der Waals surface area contributed by atoms with Crippen LogP contribution in [0.25, 0.3) is 6.08 Å². The van der Waals surface area contributed by atoms with Gasteiger partial charge in [-0.05, 0) is 26.7 Å². The maximum atomic E-state index is 2.32. The van der Waals surface area contributed by atoms with Crippen molar-refractivity contribution in [3.8, 4) is 0 Å².